The molecule has 3 heteroatoms. The van der Waals surface area contributed by atoms with Gasteiger partial charge in [0, 0.05) is 23.3 Å². The Morgan fingerprint density at radius 2 is 1.62 bits per heavy atom. The van der Waals surface area contributed by atoms with Crippen molar-refractivity contribution in [3.63, 3.8) is 0 Å². The zero-order chi connectivity index (χ0) is 14.3. The number of hydrogen-bond donors (Lipinski definition) is 0. The highest BCUT2D eigenvalue weighted by molar-refractivity contribution is 5.68. The van der Waals surface area contributed by atoms with E-state index in [2.05, 4.69) is 0 Å². The number of ether oxygens (including phenoxy) is 3. The highest BCUT2D eigenvalue weighted by atomic mass is 16.7. The van der Waals surface area contributed by atoms with Gasteiger partial charge in [-0.15, -0.1) is 0 Å². The molecule has 21 heavy (non-hydrogen) atoms. The summed E-state index contributed by atoms with van der Waals surface area (Å²) >= 11 is 0. The molecular formula is C18H14O3. The van der Waals surface area contributed by atoms with Crippen LogP contribution in [0.4, 0.5) is 0 Å². The molecule has 2 aliphatic heterocycles. The predicted molar refractivity (Wildman–Crippen MR) is 81.5 cm³/mol. The largest absolute Gasteiger partial charge is 0.493 e. The van der Waals surface area contributed by atoms with Crippen molar-refractivity contribution in [1.29, 1.82) is 0 Å². The SMILES string of the molecule is COc1cccc2c1OC1(C=Cc3ccccc3O1)C=C2. The second-order valence-electron chi connectivity index (χ2n) is 5.01. The number of methoxy groups -OCH3 is 1. The first-order valence-electron chi connectivity index (χ1n) is 6.82. The van der Waals surface area contributed by atoms with Crippen LogP contribution in [0.2, 0.25) is 0 Å². The first kappa shape index (κ1) is 12.1. The van der Waals surface area contributed by atoms with E-state index in [1.807, 2.05) is 66.8 Å². The van der Waals surface area contributed by atoms with Crippen molar-refractivity contribution in [2.75, 3.05) is 7.11 Å². The summed E-state index contributed by atoms with van der Waals surface area (Å²) in [6.07, 6.45) is 7.85. The third kappa shape index (κ3) is 1.89. The lowest BCUT2D eigenvalue weighted by Gasteiger charge is -2.35. The lowest BCUT2D eigenvalue weighted by atomic mass is 10.0. The quantitative estimate of drug-likeness (QED) is 0.791. The van der Waals surface area contributed by atoms with Gasteiger partial charge in [-0.3, -0.25) is 0 Å². The fourth-order valence-corrected chi connectivity index (χ4v) is 2.60. The molecule has 0 fully saturated rings. The highest BCUT2D eigenvalue weighted by Crippen LogP contribution is 2.42. The summed E-state index contributed by atoms with van der Waals surface area (Å²) in [5.41, 5.74) is 2.03. The van der Waals surface area contributed by atoms with Crippen molar-refractivity contribution >= 4 is 12.2 Å². The Morgan fingerprint density at radius 3 is 2.48 bits per heavy atom. The molecule has 1 atom stereocenters. The third-order valence-corrected chi connectivity index (χ3v) is 3.67. The molecule has 2 aromatic rings. The molecule has 0 radical (unpaired) electrons. The Labute approximate surface area is 123 Å². The highest BCUT2D eigenvalue weighted by Gasteiger charge is 2.36. The minimum absolute atomic E-state index is 0.700. The van der Waals surface area contributed by atoms with Crippen LogP contribution in [-0.4, -0.2) is 12.9 Å². The van der Waals surface area contributed by atoms with E-state index < -0.39 is 5.79 Å². The summed E-state index contributed by atoms with van der Waals surface area (Å²) in [5, 5.41) is 0. The second kappa shape index (κ2) is 4.42. The molecule has 1 spiro atoms. The van der Waals surface area contributed by atoms with E-state index in [0.717, 1.165) is 16.9 Å². The van der Waals surface area contributed by atoms with Crippen molar-refractivity contribution < 1.29 is 14.2 Å². The zero-order valence-electron chi connectivity index (χ0n) is 11.6. The fraction of sp³-hybridized carbons (Fsp3) is 0.111. The number of para-hydroxylation sites is 2. The van der Waals surface area contributed by atoms with E-state index >= 15 is 0 Å². The van der Waals surface area contributed by atoms with Gasteiger partial charge in [0.2, 0.25) is 0 Å². The monoisotopic (exact) mass is 278 g/mol. The molecule has 0 saturated carbocycles. The minimum Gasteiger partial charge on any atom is -0.493 e. The molecule has 0 N–H and O–H groups in total. The van der Waals surface area contributed by atoms with Gasteiger partial charge in [-0.2, -0.15) is 0 Å². The molecular weight excluding hydrogens is 264 g/mol. The van der Waals surface area contributed by atoms with Gasteiger partial charge in [0.05, 0.1) is 7.11 Å². The molecule has 104 valence electrons. The van der Waals surface area contributed by atoms with Gasteiger partial charge in [-0.05, 0) is 24.3 Å². The maximum Gasteiger partial charge on any atom is 0.292 e. The zero-order valence-corrected chi connectivity index (χ0v) is 11.6. The van der Waals surface area contributed by atoms with Crippen LogP contribution in [0, 0.1) is 0 Å². The Hall–Kier alpha value is -2.68. The molecule has 0 saturated heterocycles. The van der Waals surface area contributed by atoms with Crippen molar-refractivity contribution in [2.45, 2.75) is 5.79 Å². The van der Waals surface area contributed by atoms with Gasteiger partial charge in [0.25, 0.3) is 5.79 Å². The molecule has 2 aliphatic rings. The third-order valence-electron chi connectivity index (χ3n) is 3.67. The molecule has 0 bridgehead atoms. The van der Waals surface area contributed by atoms with Gasteiger partial charge < -0.3 is 14.2 Å². The lowest BCUT2D eigenvalue weighted by molar-refractivity contribution is -0.0323. The van der Waals surface area contributed by atoms with Crippen LogP contribution < -0.4 is 14.2 Å². The molecule has 0 amide bonds. The maximum atomic E-state index is 6.12. The Balaban J connectivity index is 1.77. The minimum atomic E-state index is -0.907. The van der Waals surface area contributed by atoms with Gasteiger partial charge in [0.15, 0.2) is 11.5 Å². The van der Waals surface area contributed by atoms with Gasteiger partial charge >= 0.3 is 0 Å². The van der Waals surface area contributed by atoms with Crippen LogP contribution in [0.1, 0.15) is 11.1 Å². The number of benzene rings is 2. The number of fused-ring (bicyclic) bond motifs is 2. The van der Waals surface area contributed by atoms with Crippen molar-refractivity contribution in [2.24, 2.45) is 0 Å². The average molecular weight is 278 g/mol. The Kier molecular flexibility index (Phi) is 2.54. The van der Waals surface area contributed by atoms with Gasteiger partial charge in [-0.25, -0.2) is 0 Å². The smallest absolute Gasteiger partial charge is 0.292 e. The number of rotatable bonds is 1. The van der Waals surface area contributed by atoms with E-state index in [1.54, 1.807) is 7.11 Å². The molecule has 3 nitrogen and oxygen atoms in total. The maximum absolute atomic E-state index is 6.12. The van der Waals surface area contributed by atoms with Crippen molar-refractivity contribution in [3.8, 4) is 17.2 Å². The van der Waals surface area contributed by atoms with E-state index in [-0.39, 0.29) is 0 Å². The standard InChI is InChI=1S/C18H14O3/c1-19-16-8-4-6-14-10-12-18(21-17(14)16)11-9-13-5-2-3-7-15(13)20-18/h2-12H,1H3. The van der Waals surface area contributed by atoms with Gasteiger partial charge in [0.1, 0.15) is 5.75 Å². The van der Waals surface area contributed by atoms with Crippen molar-refractivity contribution in [1.82, 2.24) is 0 Å². The second-order valence-corrected chi connectivity index (χ2v) is 5.01. The van der Waals surface area contributed by atoms with Crippen LogP contribution in [-0.2, 0) is 0 Å². The molecule has 1 unspecified atom stereocenters. The summed E-state index contributed by atoms with van der Waals surface area (Å²) in [4.78, 5) is 0. The molecule has 0 aliphatic carbocycles. The summed E-state index contributed by atoms with van der Waals surface area (Å²) < 4.78 is 17.6. The summed E-state index contributed by atoms with van der Waals surface area (Å²) in [7, 11) is 1.64. The van der Waals surface area contributed by atoms with Crippen LogP contribution in [0.15, 0.2) is 54.6 Å². The van der Waals surface area contributed by atoms with Gasteiger partial charge in [-0.1, -0.05) is 30.3 Å². The van der Waals surface area contributed by atoms with Crippen LogP contribution in [0.5, 0.6) is 17.2 Å². The van der Waals surface area contributed by atoms with Crippen LogP contribution in [0.3, 0.4) is 0 Å². The molecule has 4 rings (SSSR count). The van der Waals surface area contributed by atoms with E-state index in [4.69, 9.17) is 14.2 Å². The predicted octanol–water partition coefficient (Wildman–Crippen LogP) is 3.90. The average Bonchev–Trinajstić information content (AvgIpc) is 2.54. The Morgan fingerprint density at radius 1 is 0.857 bits per heavy atom. The summed E-state index contributed by atoms with van der Waals surface area (Å²) in [5.74, 6) is 1.30. The number of hydrogen-bond acceptors (Lipinski definition) is 3. The van der Waals surface area contributed by atoms with E-state index in [9.17, 15) is 0 Å². The molecule has 2 heterocycles. The lowest BCUT2D eigenvalue weighted by Crippen LogP contribution is -2.41. The van der Waals surface area contributed by atoms with Crippen LogP contribution >= 0.6 is 0 Å². The van der Waals surface area contributed by atoms with Crippen LogP contribution in [0.25, 0.3) is 12.2 Å². The van der Waals surface area contributed by atoms with E-state index in [0.29, 0.717) is 11.5 Å². The van der Waals surface area contributed by atoms with Crippen molar-refractivity contribution in [3.05, 3.63) is 65.7 Å². The first-order valence-corrected chi connectivity index (χ1v) is 6.82. The summed E-state index contributed by atoms with van der Waals surface area (Å²) in [6, 6.07) is 13.7. The molecule has 0 aromatic heterocycles. The van der Waals surface area contributed by atoms with E-state index in [1.165, 1.54) is 0 Å². The molecule has 2 aromatic carbocycles. The first-order chi connectivity index (χ1) is 10.3. The Bertz CT molecular complexity index is 761. The normalized spacial score (nSPS) is 21.2. The topological polar surface area (TPSA) is 27.7 Å². The summed E-state index contributed by atoms with van der Waals surface area (Å²) in [6.45, 7) is 0. The fourth-order valence-electron chi connectivity index (χ4n) is 2.60.